The van der Waals surface area contributed by atoms with Gasteiger partial charge >= 0.3 is 0 Å². The molecule has 0 atom stereocenters. The maximum atomic E-state index is 5.79. The lowest BCUT2D eigenvalue weighted by Gasteiger charge is -2.18. The van der Waals surface area contributed by atoms with Gasteiger partial charge in [0.15, 0.2) is 0 Å². The zero-order valence-corrected chi connectivity index (χ0v) is 12.5. The van der Waals surface area contributed by atoms with Gasteiger partial charge < -0.3 is 11.1 Å². The first-order chi connectivity index (χ1) is 8.49. The molecule has 0 radical (unpaired) electrons. The minimum absolute atomic E-state index is 0.409. The number of hydrogen-bond donors (Lipinski definition) is 2. The minimum Gasteiger partial charge on any atom is -0.389 e. The molecular weight excluding hydrogens is 242 g/mol. The summed E-state index contributed by atoms with van der Waals surface area (Å²) in [5, 5.41) is 3.47. The summed E-state index contributed by atoms with van der Waals surface area (Å²) >= 11 is 5.11. The fourth-order valence-corrected chi connectivity index (χ4v) is 2.37. The summed E-state index contributed by atoms with van der Waals surface area (Å²) in [4.78, 5) is 4.82. The van der Waals surface area contributed by atoms with Gasteiger partial charge in [-0.2, -0.15) is 0 Å². The van der Waals surface area contributed by atoms with Crippen molar-refractivity contribution in [2.24, 2.45) is 11.7 Å². The Balaban J connectivity index is 2.96. The van der Waals surface area contributed by atoms with Crippen molar-refractivity contribution in [3.63, 3.8) is 0 Å². The third-order valence-corrected chi connectivity index (χ3v) is 3.51. The Bertz CT molecular complexity index is 425. The summed E-state index contributed by atoms with van der Waals surface area (Å²) in [6.07, 6.45) is 2.35. The van der Waals surface area contributed by atoms with E-state index in [9.17, 15) is 0 Å². The summed E-state index contributed by atoms with van der Waals surface area (Å²) < 4.78 is 0. The van der Waals surface area contributed by atoms with Crippen LogP contribution in [-0.2, 0) is 0 Å². The second-order valence-electron chi connectivity index (χ2n) is 4.70. The van der Waals surface area contributed by atoms with Gasteiger partial charge in [0.2, 0.25) is 0 Å². The van der Waals surface area contributed by atoms with Gasteiger partial charge in [0, 0.05) is 23.6 Å². The van der Waals surface area contributed by atoms with E-state index < -0.39 is 0 Å². The molecule has 0 aliphatic carbocycles. The first-order valence-electron chi connectivity index (χ1n) is 6.51. The number of aryl methyl sites for hydroxylation is 2. The molecule has 0 spiro atoms. The van der Waals surface area contributed by atoms with Gasteiger partial charge in [-0.3, -0.25) is 4.98 Å². The molecule has 0 amide bonds. The van der Waals surface area contributed by atoms with E-state index in [4.69, 9.17) is 18.0 Å². The van der Waals surface area contributed by atoms with Crippen molar-refractivity contribution in [2.75, 3.05) is 11.9 Å². The highest BCUT2D eigenvalue weighted by Crippen LogP contribution is 2.21. The van der Waals surface area contributed by atoms with Gasteiger partial charge in [-0.15, -0.1) is 0 Å². The maximum Gasteiger partial charge on any atom is 0.107 e. The quantitative estimate of drug-likeness (QED) is 0.776. The highest BCUT2D eigenvalue weighted by atomic mass is 32.1. The largest absolute Gasteiger partial charge is 0.389 e. The van der Waals surface area contributed by atoms with E-state index in [0.717, 1.165) is 29.2 Å². The van der Waals surface area contributed by atoms with E-state index in [2.05, 4.69) is 24.1 Å². The van der Waals surface area contributed by atoms with E-state index >= 15 is 0 Å². The molecule has 0 bridgehead atoms. The van der Waals surface area contributed by atoms with Gasteiger partial charge in [0.25, 0.3) is 0 Å². The van der Waals surface area contributed by atoms with Gasteiger partial charge in [-0.05, 0) is 25.8 Å². The highest BCUT2D eigenvalue weighted by molar-refractivity contribution is 7.80. The van der Waals surface area contributed by atoms with Gasteiger partial charge in [0.1, 0.15) is 4.99 Å². The van der Waals surface area contributed by atoms with Crippen LogP contribution < -0.4 is 11.1 Å². The molecule has 0 saturated carbocycles. The first-order valence-corrected chi connectivity index (χ1v) is 6.92. The molecule has 4 heteroatoms. The summed E-state index contributed by atoms with van der Waals surface area (Å²) in [7, 11) is 0. The molecule has 18 heavy (non-hydrogen) atoms. The minimum atomic E-state index is 0.409. The van der Waals surface area contributed by atoms with Crippen molar-refractivity contribution in [3.8, 4) is 0 Å². The Kier molecular flexibility index (Phi) is 5.54. The molecule has 0 aliphatic heterocycles. The predicted octanol–water partition coefficient (Wildman–Crippen LogP) is 3.18. The Morgan fingerprint density at radius 2 is 2.00 bits per heavy atom. The topological polar surface area (TPSA) is 50.9 Å². The molecule has 1 heterocycles. The van der Waals surface area contributed by atoms with Crippen molar-refractivity contribution in [3.05, 3.63) is 23.0 Å². The van der Waals surface area contributed by atoms with Crippen LogP contribution in [0.1, 0.15) is 43.6 Å². The van der Waals surface area contributed by atoms with E-state index in [1.54, 1.807) is 0 Å². The number of anilines is 1. The van der Waals surface area contributed by atoms with Crippen LogP contribution in [0.25, 0.3) is 0 Å². The molecule has 0 unspecified atom stereocenters. The Morgan fingerprint density at radius 3 is 2.50 bits per heavy atom. The maximum absolute atomic E-state index is 5.79. The molecular formula is C14H23N3S. The molecule has 1 rings (SSSR count). The van der Waals surface area contributed by atoms with Crippen molar-refractivity contribution in [1.82, 2.24) is 4.98 Å². The lowest BCUT2D eigenvalue weighted by Crippen LogP contribution is -2.19. The van der Waals surface area contributed by atoms with Crippen LogP contribution in [0.4, 0.5) is 5.69 Å². The number of aromatic nitrogens is 1. The number of nitrogens with one attached hydrogen (secondary N) is 1. The Hall–Kier alpha value is -1.16. The average molecular weight is 265 g/mol. The second kappa shape index (κ2) is 6.69. The predicted molar refractivity (Wildman–Crippen MR) is 82.2 cm³/mol. The van der Waals surface area contributed by atoms with E-state index in [-0.39, 0.29) is 0 Å². The molecule has 3 N–H and O–H groups in total. The van der Waals surface area contributed by atoms with Crippen LogP contribution in [-0.4, -0.2) is 16.5 Å². The lowest BCUT2D eigenvalue weighted by molar-refractivity contribution is 0.519. The van der Waals surface area contributed by atoms with Crippen LogP contribution >= 0.6 is 12.2 Å². The van der Waals surface area contributed by atoms with Gasteiger partial charge in [0.05, 0.1) is 5.56 Å². The van der Waals surface area contributed by atoms with Crippen LogP contribution in [0, 0.1) is 19.8 Å². The molecule has 100 valence electrons. The molecule has 0 aromatic carbocycles. The van der Waals surface area contributed by atoms with Gasteiger partial charge in [-0.25, -0.2) is 0 Å². The van der Waals surface area contributed by atoms with Gasteiger partial charge in [-0.1, -0.05) is 38.9 Å². The average Bonchev–Trinajstić information content (AvgIpc) is 2.28. The van der Waals surface area contributed by atoms with Crippen molar-refractivity contribution in [2.45, 2.75) is 40.5 Å². The third-order valence-electron chi connectivity index (χ3n) is 3.31. The number of thiocarbonyl (C=S) groups is 1. The molecule has 1 aromatic heterocycles. The number of rotatable bonds is 6. The summed E-state index contributed by atoms with van der Waals surface area (Å²) in [5.41, 5.74) is 9.56. The summed E-state index contributed by atoms with van der Waals surface area (Å²) in [6, 6.07) is 2.02. The van der Waals surface area contributed by atoms with Crippen LogP contribution in [0.2, 0.25) is 0 Å². The Morgan fingerprint density at radius 1 is 1.39 bits per heavy atom. The number of nitrogens with two attached hydrogens (primary N) is 1. The van der Waals surface area contributed by atoms with Crippen LogP contribution in [0.3, 0.4) is 0 Å². The molecule has 3 nitrogen and oxygen atoms in total. The van der Waals surface area contributed by atoms with E-state index in [1.807, 2.05) is 19.9 Å². The molecule has 1 aromatic rings. The standard InChI is InChI=1S/C14H23N3S/c1-5-11(6-2)8-16-12-7-9(3)17-10(4)13(12)14(15)18/h7,11H,5-6,8H2,1-4H3,(H2,15,18)(H,16,17). The smallest absolute Gasteiger partial charge is 0.107 e. The van der Waals surface area contributed by atoms with Crippen LogP contribution in [0.15, 0.2) is 6.07 Å². The zero-order valence-electron chi connectivity index (χ0n) is 11.7. The van der Waals surface area contributed by atoms with E-state index in [1.165, 1.54) is 12.8 Å². The normalized spacial score (nSPS) is 10.7. The molecule has 0 aliphatic rings. The monoisotopic (exact) mass is 265 g/mol. The zero-order chi connectivity index (χ0) is 13.7. The number of hydrogen-bond acceptors (Lipinski definition) is 3. The highest BCUT2D eigenvalue weighted by Gasteiger charge is 2.12. The fraction of sp³-hybridized carbons (Fsp3) is 0.571. The second-order valence-corrected chi connectivity index (χ2v) is 5.14. The SMILES string of the molecule is CCC(CC)CNc1cc(C)nc(C)c1C(N)=S. The summed E-state index contributed by atoms with van der Waals surface area (Å²) in [6.45, 7) is 9.31. The number of pyridine rings is 1. The lowest BCUT2D eigenvalue weighted by atomic mass is 10.0. The van der Waals surface area contributed by atoms with E-state index in [0.29, 0.717) is 10.9 Å². The first kappa shape index (κ1) is 14.9. The Labute approximate surface area is 115 Å². The van der Waals surface area contributed by atoms with Crippen LogP contribution in [0.5, 0.6) is 0 Å². The molecule has 0 saturated heterocycles. The molecule has 0 fully saturated rings. The number of nitrogens with zero attached hydrogens (tertiary/aromatic N) is 1. The third kappa shape index (κ3) is 3.67. The van der Waals surface area contributed by atoms with Crippen molar-refractivity contribution >= 4 is 22.9 Å². The van der Waals surface area contributed by atoms with Crippen molar-refractivity contribution < 1.29 is 0 Å². The van der Waals surface area contributed by atoms with Crippen molar-refractivity contribution in [1.29, 1.82) is 0 Å². The fourth-order valence-electron chi connectivity index (χ4n) is 2.11. The summed E-state index contributed by atoms with van der Waals surface area (Å²) in [5.74, 6) is 0.679.